The number of hydrogen-bond acceptors (Lipinski definition) is 4. The minimum absolute atomic E-state index is 0.256. The molecule has 0 fully saturated rings. The number of aryl methyl sites for hydroxylation is 2. The summed E-state index contributed by atoms with van der Waals surface area (Å²) < 4.78 is 2.23. The topological polar surface area (TPSA) is 38.9 Å². The lowest BCUT2D eigenvalue weighted by Crippen LogP contribution is -2.05. The summed E-state index contributed by atoms with van der Waals surface area (Å²) in [6.07, 6.45) is 6.33. The summed E-state index contributed by atoms with van der Waals surface area (Å²) in [5, 5.41) is 6.10. The van der Waals surface area contributed by atoms with E-state index in [4.69, 9.17) is 44.6 Å². The van der Waals surface area contributed by atoms with Crippen LogP contribution in [0.5, 0.6) is 0 Å². The van der Waals surface area contributed by atoms with E-state index in [1.165, 1.54) is 23.4 Å². The van der Waals surface area contributed by atoms with E-state index in [-0.39, 0.29) is 6.61 Å². The van der Waals surface area contributed by atoms with Crippen LogP contribution in [0.3, 0.4) is 0 Å². The van der Waals surface area contributed by atoms with Gasteiger partial charge in [0.2, 0.25) is 0 Å². The monoisotopic (exact) mass is 489 g/mol. The van der Waals surface area contributed by atoms with Crippen LogP contribution in [0.25, 0.3) is 16.2 Å². The molecule has 0 unspecified atom stereocenters. The Balaban J connectivity index is 1.50. The van der Waals surface area contributed by atoms with Gasteiger partial charge in [-0.05, 0) is 49.9 Å². The third-order valence-corrected chi connectivity index (χ3v) is 7.34. The Morgan fingerprint density at radius 3 is 2.61 bits per heavy atom. The second-order valence-electron chi connectivity index (χ2n) is 7.39. The number of thiazole rings is 1. The molecule has 1 aliphatic rings. The minimum Gasteiger partial charge on any atom is -0.391 e. The zero-order valence-corrected chi connectivity index (χ0v) is 19.5. The number of hydrogen-bond donors (Lipinski definition) is 0. The first-order chi connectivity index (χ1) is 15.1. The van der Waals surface area contributed by atoms with Crippen LogP contribution in [0.2, 0.25) is 15.1 Å². The Labute approximate surface area is 199 Å². The molecule has 0 aliphatic heterocycles. The van der Waals surface area contributed by atoms with E-state index in [9.17, 15) is 0 Å². The number of halogens is 3. The average molecular weight is 491 g/mol. The van der Waals surface area contributed by atoms with Crippen LogP contribution in [0.15, 0.2) is 47.6 Å². The van der Waals surface area contributed by atoms with Crippen molar-refractivity contribution in [2.24, 2.45) is 5.16 Å². The van der Waals surface area contributed by atoms with Gasteiger partial charge >= 0.3 is 0 Å². The van der Waals surface area contributed by atoms with Crippen molar-refractivity contribution in [2.75, 3.05) is 0 Å². The molecule has 0 amide bonds. The van der Waals surface area contributed by atoms with Crippen molar-refractivity contribution in [3.05, 3.63) is 79.4 Å². The van der Waals surface area contributed by atoms with Crippen molar-refractivity contribution in [1.29, 1.82) is 0 Å². The standard InChI is InChI=1S/C23H18Cl3N3OS/c24-16-8-5-14(6-9-16)22-20(12-27-30-13-15-7-10-17(25)11-18(15)26)29-19-3-1-2-4-21(19)31-23(29)28-22/h5-12H,1-4,13H2/b27-12+. The SMILES string of the molecule is Clc1ccc(-c2nc3sc4c(n3c2/C=N/OCc2ccc(Cl)cc2Cl)CCCC4)cc1. The highest BCUT2D eigenvalue weighted by Gasteiger charge is 2.22. The fourth-order valence-electron chi connectivity index (χ4n) is 3.83. The molecule has 0 N–H and O–H groups in total. The predicted octanol–water partition coefficient (Wildman–Crippen LogP) is 7.45. The van der Waals surface area contributed by atoms with E-state index in [0.717, 1.165) is 40.3 Å². The Morgan fingerprint density at radius 1 is 1.03 bits per heavy atom. The maximum Gasteiger partial charge on any atom is 0.195 e. The predicted molar refractivity (Wildman–Crippen MR) is 129 cm³/mol. The molecule has 2 aromatic carbocycles. The van der Waals surface area contributed by atoms with Gasteiger partial charge in [0.05, 0.1) is 17.6 Å². The van der Waals surface area contributed by atoms with Gasteiger partial charge in [-0.3, -0.25) is 4.40 Å². The van der Waals surface area contributed by atoms with Gasteiger partial charge in [-0.15, -0.1) is 11.3 Å². The highest BCUT2D eigenvalue weighted by molar-refractivity contribution is 7.17. The Kier molecular flexibility index (Phi) is 5.93. The number of oxime groups is 1. The van der Waals surface area contributed by atoms with Crippen LogP contribution in [0.1, 0.15) is 34.7 Å². The average Bonchev–Trinajstić information content (AvgIpc) is 3.29. The van der Waals surface area contributed by atoms with Crippen LogP contribution in [-0.4, -0.2) is 15.6 Å². The fourth-order valence-corrected chi connectivity index (χ4v) is 5.64. The van der Waals surface area contributed by atoms with E-state index in [0.29, 0.717) is 15.1 Å². The van der Waals surface area contributed by atoms with E-state index in [1.54, 1.807) is 29.7 Å². The van der Waals surface area contributed by atoms with E-state index in [1.807, 2.05) is 30.3 Å². The fraction of sp³-hybridized carbons (Fsp3) is 0.217. The number of benzene rings is 2. The smallest absolute Gasteiger partial charge is 0.195 e. The second-order valence-corrected chi connectivity index (χ2v) is 9.74. The van der Waals surface area contributed by atoms with E-state index < -0.39 is 0 Å². The summed E-state index contributed by atoms with van der Waals surface area (Å²) >= 11 is 20.0. The molecule has 8 heteroatoms. The van der Waals surface area contributed by atoms with Gasteiger partial charge in [-0.1, -0.05) is 58.2 Å². The van der Waals surface area contributed by atoms with Crippen molar-refractivity contribution in [2.45, 2.75) is 32.3 Å². The quantitative estimate of drug-likeness (QED) is 0.215. The molecule has 0 bridgehead atoms. The van der Waals surface area contributed by atoms with Gasteiger partial charge in [0, 0.05) is 36.8 Å². The van der Waals surface area contributed by atoms with Gasteiger partial charge < -0.3 is 4.84 Å². The molecular weight excluding hydrogens is 473 g/mol. The molecule has 0 saturated heterocycles. The van der Waals surface area contributed by atoms with E-state index in [2.05, 4.69) is 9.56 Å². The van der Waals surface area contributed by atoms with E-state index >= 15 is 0 Å². The summed E-state index contributed by atoms with van der Waals surface area (Å²) in [4.78, 5) is 12.9. The van der Waals surface area contributed by atoms with Crippen LogP contribution in [-0.2, 0) is 24.3 Å². The summed E-state index contributed by atoms with van der Waals surface area (Å²) in [5.74, 6) is 0. The van der Waals surface area contributed by atoms with Gasteiger partial charge in [-0.25, -0.2) is 4.98 Å². The maximum atomic E-state index is 6.23. The molecule has 0 atom stereocenters. The minimum atomic E-state index is 0.256. The zero-order chi connectivity index (χ0) is 21.4. The molecule has 0 spiro atoms. The number of rotatable bonds is 5. The molecule has 1 aliphatic carbocycles. The Hall–Kier alpha value is -2.05. The number of nitrogens with zero attached hydrogens (tertiary/aromatic N) is 3. The molecule has 158 valence electrons. The van der Waals surface area contributed by atoms with Crippen LogP contribution in [0.4, 0.5) is 0 Å². The first kappa shape index (κ1) is 20.8. The summed E-state index contributed by atoms with van der Waals surface area (Å²) in [5.41, 5.74) is 4.94. The first-order valence-corrected chi connectivity index (χ1v) is 11.9. The van der Waals surface area contributed by atoms with Crippen molar-refractivity contribution in [1.82, 2.24) is 9.38 Å². The third-order valence-electron chi connectivity index (χ3n) is 5.36. The largest absolute Gasteiger partial charge is 0.391 e. The first-order valence-electron chi connectivity index (χ1n) is 9.98. The molecule has 4 aromatic rings. The molecule has 0 saturated carbocycles. The molecule has 31 heavy (non-hydrogen) atoms. The van der Waals surface area contributed by atoms with Gasteiger partial charge in [0.25, 0.3) is 0 Å². The van der Waals surface area contributed by atoms with Crippen LogP contribution in [0, 0.1) is 0 Å². The summed E-state index contributed by atoms with van der Waals surface area (Å²) in [6, 6.07) is 13.0. The van der Waals surface area contributed by atoms with Gasteiger partial charge in [0.15, 0.2) is 4.96 Å². The van der Waals surface area contributed by atoms with Crippen molar-refractivity contribution < 1.29 is 4.84 Å². The second kappa shape index (κ2) is 8.83. The Bertz CT molecular complexity index is 1280. The van der Waals surface area contributed by atoms with Crippen LogP contribution < -0.4 is 0 Å². The lowest BCUT2D eigenvalue weighted by Gasteiger charge is -2.11. The molecule has 2 aromatic heterocycles. The lowest BCUT2D eigenvalue weighted by atomic mass is 10.0. The number of aromatic nitrogens is 2. The normalized spacial score (nSPS) is 13.8. The Morgan fingerprint density at radius 2 is 1.81 bits per heavy atom. The molecule has 2 heterocycles. The summed E-state index contributed by atoms with van der Waals surface area (Å²) in [7, 11) is 0. The van der Waals surface area contributed by atoms with Crippen molar-refractivity contribution >= 4 is 57.3 Å². The van der Waals surface area contributed by atoms with Crippen LogP contribution >= 0.6 is 46.1 Å². The maximum absolute atomic E-state index is 6.23. The third kappa shape index (κ3) is 4.20. The number of fused-ring (bicyclic) bond motifs is 3. The molecule has 4 nitrogen and oxygen atoms in total. The molecule has 0 radical (unpaired) electrons. The van der Waals surface area contributed by atoms with Crippen molar-refractivity contribution in [3.63, 3.8) is 0 Å². The highest BCUT2D eigenvalue weighted by Crippen LogP contribution is 2.34. The molecule has 5 rings (SSSR count). The van der Waals surface area contributed by atoms with Gasteiger partial charge in [0.1, 0.15) is 6.61 Å². The number of imidazole rings is 1. The van der Waals surface area contributed by atoms with Gasteiger partial charge in [-0.2, -0.15) is 0 Å². The highest BCUT2D eigenvalue weighted by atomic mass is 35.5. The summed E-state index contributed by atoms with van der Waals surface area (Å²) in [6.45, 7) is 0.256. The lowest BCUT2D eigenvalue weighted by molar-refractivity contribution is 0.132. The van der Waals surface area contributed by atoms with Crippen molar-refractivity contribution in [3.8, 4) is 11.3 Å². The molecular formula is C23H18Cl3N3OS. The zero-order valence-electron chi connectivity index (χ0n) is 16.4.